The molecule has 4 aromatic rings. The van der Waals surface area contributed by atoms with E-state index in [-0.39, 0.29) is 5.25 Å². The molecule has 0 N–H and O–H groups in total. The van der Waals surface area contributed by atoms with Crippen molar-refractivity contribution in [3.63, 3.8) is 0 Å². The average Bonchev–Trinajstić information content (AvgIpc) is 3.38. The van der Waals surface area contributed by atoms with Crippen molar-refractivity contribution in [2.45, 2.75) is 56.5 Å². The summed E-state index contributed by atoms with van der Waals surface area (Å²) in [4.78, 5) is 4.59. The lowest BCUT2D eigenvalue weighted by Crippen LogP contribution is -2.08. The quantitative estimate of drug-likeness (QED) is 0.326. The molecule has 2 heterocycles. The number of thioether (sulfide) groups is 1. The molecular formula is C24H25N5O2S. The number of aromatic nitrogens is 5. The van der Waals surface area contributed by atoms with Crippen molar-refractivity contribution in [1.29, 1.82) is 0 Å². The lowest BCUT2D eigenvalue weighted by Gasteiger charge is -2.14. The van der Waals surface area contributed by atoms with Crippen LogP contribution in [0.5, 0.6) is 5.75 Å². The maximum atomic E-state index is 6.18. The van der Waals surface area contributed by atoms with Gasteiger partial charge in [0.1, 0.15) is 12.4 Å². The molecule has 0 bridgehead atoms. The van der Waals surface area contributed by atoms with Crippen molar-refractivity contribution in [3.8, 4) is 11.4 Å². The standard InChI is InChI=1S/C24H25N5O2S/c1-15-8-7-9-16(2)21(15)30-14-20-26-27-24(29(20)19-10-5-4-6-11-19)32-17(3)23-25-22(28-31-23)18-12-13-18/h4-11,17-18H,12-14H2,1-3H3. The van der Waals surface area contributed by atoms with Gasteiger partial charge in [0, 0.05) is 11.6 Å². The summed E-state index contributed by atoms with van der Waals surface area (Å²) in [6, 6.07) is 16.2. The molecule has 32 heavy (non-hydrogen) atoms. The number of benzene rings is 2. The van der Waals surface area contributed by atoms with Crippen molar-refractivity contribution >= 4 is 11.8 Å². The molecule has 1 aliphatic carbocycles. The van der Waals surface area contributed by atoms with Crippen molar-refractivity contribution < 1.29 is 9.26 Å². The molecule has 0 saturated heterocycles. The third-order valence-corrected chi connectivity index (χ3v) is 6.53. The van der Waals surface area contributed by atoms with Crippen LogP contribution < -0.4 is 4.74 Å². The Morgan fingerprint density at radius 3 is 2.53 bits per heavy atom. The number of para-hydroxylation sites is 2. The van der Waals surface area contributed by atoms with Gasteiger partial charge in [-0.2, -0.15) is 4.98 Å². The number of ether oxygens (including phenoxy) is 1. The zero-order valence-corrected chi connectivity index (χ0v) is 19.2. The molecule has 7 nitrogen and oxygen atoms in total. The summed E-state index contributed by atoms with van der Waals surface area (Å²) in [5, 5.41) is 13.8. The SMILES string of the molecule is Cc1cccc(C)c1OCc1nnc(SC(C)c2nc(C3CC3)no2)n1-c1ccccc1. The number of hydrogen-bond acceptors (Lipinski definition) is 7. The number of aryl methyl sites for hydroxylation is 2. The van der Waals surface area contributed by atoms with E-state index in [9.17, 15) is 0 Å². The van der Waals surface area contributed by atoms with E-state index in [1.165, 1.54) is 0 Å². The minimum Gasteiger partial charge on any atom is -0.485 e. The molecule has 164 valence electrons. The first kappa shape index (κ1) is 20.8. The van der Waals surface area contributed by atoms with Crippen LogP contribution in [0.25, 0.3) is 5.69 Å². The third kappa shape index (κ3) is 4.27. The first-order valence-corrected chi connectivity index (χ1v) is 11.7. The van der Waals surface area contributed by atoms with Gasteiger partial charge in [0.25, 0.3) is 0 Å². The first-order chi connectivity index (χ1) is 15.6. The Hall–Kier alpha value is -3.13. The second-order valence-electron chi connectivity index (χ2n) is 8.10. The average molecular weight is 448 g/mol. The van der Waals surface area contributed by atoms with E-state index in [0.717, 1.165) is 52.2 Å². The van der Waals surface area contributed by atoms with Gasteiger partial charge in [-0.1, -0.05) is 53.3 Å². The molecule has 8 heteroatoms. The molecule has 1 aliphatic rings. The smallest absolute Gasteiger partial charge is 0.239 e. The maximum Gasteiger partial charge on any atom is 0.239 e. The second kappa shape index (κ2) is 8.78. The van der Waals surface area contributed by atoms with Gasteiger partial charge in [0.2, 0.25) is 5.89 Å². The van der Waals surface area contributed by atoms with Crippen LogP contribution in [0.4, 0.5) is 0 Å². The van der Waals surface area contributed by atoms with Crippen LogP contribution in [0.2, 0.25) is 0 Å². The van der Waals surface area contributed by atoms with Gasteiger partial charge >= 0.3 is 0 Å². The second-order valence-corrected chi connectivity index (χ2v) is 9.41. The van der Waals surface area contributed by atoms with Crippen LogP contribution in [-0.2, 0) is 6.61 Å². The van der Waals surface area contributed by atoms with Crippen LogP contribution in [0.1, 0.15) is 59.6 Å². The van der Waals surface area contributed by atoms with Crippen LogP contribution >= 0.6 is 11.8 Å². The minimum atomic E-state index is -0.0472. The highest BCUT2D eigenvalue weighted by molar-refractivity contribution is 7.99. The molecule has 1 unspecified atom stereocenters. The zero-order chi connectivity index (χ0) is 22.1. The minimum absolute atomic E-state index is 0.0472. The molecule has 1 fully saturated rings. The van der Waals surface area contributed by atoms with E-state index >= 15 is 0 Å². The number of rotatable bonds is 8. The Bertz CT molecular complexity index is 1200. The molecular weight excluding hydrogens is 422 g/mol. The molecule has 1 atom stereocenters. The fraction of sp³-hybridized carbons (Fsp3) is 0.333. The Labute approximate surface area is 191 Å². The van der Waals surface area contributed by atoms with E-state index < -0.39 is 0 Å². The van der Waals surface area contributed by atoms with Crippen molar-refractivity contribution in [1.82, 2.24) is 24.9 Å². The highest BCUT2D eigenvalue weighted by atomic mass is 32.2. The molecule has 2 aromatic heterocycles. The third-order valence-electron chi connectivity index (χ3n) is 5.50. The summed E-state index contributed by atoms with van der Waals surface area (Å²) in [7, 11) is 0. The summed E-state index contributed by atoms with van der Waals surface area (Å²) in [6.07, 6.45) is 2.29. The summed E-state index contributed by atoms with van der Waals surface area (Å²) in [6.45, 7) is 6.46. The fourth-order valence-electron chi connectivity index (χ4n) is 3.60. The lowest BCUT2D eigenvalue weighted by atomic mass is 10.1. The van der Waals surface area contributed by atoms with E-state index in [2.05, 4.69) is 20.3 Å². The first-order valence-electron chi connectivity index (χ1n) is 10.8. The predicted molar refractivity (Wildman–Crippen MR) is 122 cm³/mol. The molecule has 2 aromatic carbocycles. The number of hydrogen-bond donors (Lipinski definition) is 0. The number of nitrogens with zero attached hydrogens (tertiary/aromatic N) is 5. The van der Waals surface area contributed by atoms with Gasteiger partial charge < -0.3 is 9.26 Å². The predicted octanol–water partition coefficient (Wildman–Crippen LogP) is 5.58. The van der Waals surface area contributed by atoms with E-state index in [1.807, 2.05) is 73.9 Å². The highest BCUT2D eigenvalue weighted by Gasteiger charge is 2.30. The Balaban J connectivity index is 1.41. The van der Waals surface area contributed by atoms with Gasteiger partial charge in [-0.25, -0.2) is 0 Å². The Morgan fingerprint density at radius 1 is 1.06 bits per heavy atom. The summed E-state index contributed by atoms with van der Waals surface area (Å²) in [5.41, 5.74) is 3.18. The van der Waals surface area contributed by atoms with Gasteiger partial charge in [-0.05, 0) is 56.9 Å². The van der Waals surface area contributed by atoms with Crippen molar-refractivity contribution in [2.24, 2.45) is 0 Å². The molecule has 0 spiro atoms. The van der Waals surface area contributed by atoms with E-state index in [4.69, 9.17) is 9.26 Å². The van der Waals surface area contributed by atoms with Crippen molar-refractivity contribution in [3.05, 3.63) is 77.2 Å². The van der Waals surface area contributed by atoms with E-state index in [0.29, 0.717) is 18.4 Å². The zero-order valence-electron chi connectivity index (χ0n) is 18.4. The summed E-state index contributed by atoms with van der Waals surface area (Å²) >= 11 is 1.55. The monoisotopic (exact) mass is 447 g/mol. The molecule has 0 radical (unpaired) electrons. The summed E-state index contributed by atoms with van der Waals surface area (Å²) in [5.74, 6) is 3.52. The summed E-state index contributed by atoms with van der Waals surface area (Å²) < 4.78 is 13.7. The van der Waals surface area contributed by atoms with Gasteiger partial charge in [0.15, 0.2) is 16.8 Å². The Kier molecular flexibility index (Phi) is 5.70. The van der Waals surface area contributed by atoms with Crippen LogP contribution in [0.15, 0.2) is 58.2 Å². The molecule has 0 aliphatic heterocycles. The fourth-order valence-corrected chi connectivity index (χ4v) is 4.52. The highest BCUT2D eigenvalue weighted by Crippen LogP contribution is 2.40. The largest absolute Gasteiger partial charge is 0.485 e. The van der Waals surface area contributed by atoms with Crippen LogP contribution in [0, 0.1) is 13.8 Å². The Morgan fingerprint density at radius 2 is 1.81 bits per heavy atom. The van der Waals surface area contributed by atoms with E-state index in [1.54, 1.807) is 11.8 Å². The van der Waals surface area contributed by atoms with Gasteiger partial charge in [-0.15, -0.1) is 10.2 Å². The molecule has 1 saturated carbocycles. The van der Waals surface area contributed by atoms with Crippen molar-refractivity contribution in [2.75, 3.05) is 0 Å². The topological polar surface area (TPSA) is 78.9 Å². The molecule has 5 rings (SSSR count). The normalized spacial score (nSPS) is 14.5. The van der Waals surface area contributed by atoms with Gasteiger partial charge in [0.05, 0.1) is 5.25 Å². The van der Waals surface area contributed by atoms with Crippen LogP contribution in [0.3, 0.4) is 0 Å². The van der Waals surface area contributed by atoms with Gasteiger partial charge in [-0.3, -0.25) is 4.57 Å². The maximum absolute atomic E-state index is 6.18. The lowest BCUT2D eigenvalue weighted by molar-refractivity contribution is 0.289. The van der Waals surface area contributed by atoms with Crippen LogP contribution in [-0.4, -0.2) is 24.9 Å². The molecule has 0 amide bonds.